The van der Waals surface area contributed by atoms with Gasteiger partial charge < -0.3 is 19.3 Å². The first-order valence-electron chi connectivity index (χ1n) is 11.7. The van der Waals surface area contributed by atoms with Gasteiger partial charge in [0.15, 0.2) is 0 Å². The highest BCUT2D eigenvalue weighted by molar-refractivity contribution is 5.98. The largest absolute Gasteiger partial charge is 0.378 e. The number of halogens is 1. The van der Waals surface area contributed by atoms with Crippen LogP contribution in [0.1, 0.15) is 22.8 Å². The van der Waals surface area contributed by atoms with E-state index in [0.717, 1.165) is 24.3 Å². The highest BCUT2D eigenvalue weighted by Gasteiger charge is 2.21. The fraction of sp³-hybridized carbons (Fsp3) is 0.346. The Morgan fingerprint density at radius 3 is 2.60 bits per heavy atom. The molecule has 2 aromatic carbocycles. The third-order valence-electron chi connectivity index (χ3n) is 6.34. The summed E-state index contributed by atoms with van der Waals surface area (Å²) in [5.41, 5.74) is 4.72. The molecule has 8 nitrogen and oxygen atoms in total. The van der Waals surface area contributed by atoms with Crippen LogP contribution in [-0.4, -0.2) is 68.9 Å². The van der Waals surface area contributed by atoms with Crippen LogP contribution in [0.25, 0.3) is 10.9 Å². The van der Waals surface area contributed by atoms with Gasteiger partial charge in [-0.3, -0.25) is 9.59 Å². The molecule has 0 unspecified atom stereocenters. The maximum absolute atomic E-state index is 15.1. The molecule has 1 aliphatic rings. The third kappa shape index (κ3) is 5.19. The minimum absolute atomic E-state index is 0.0784. The molecule has 1 fully saturated rings. The van der Waals surface area contributed by atoms with Gasteiger partial charge in [-0.05, 0) is 43.8 Å². The molecule has 0 bridgehead atoms. The number of rotatable bonds is 6. The van der Waals surface area contributed by atoms with E-state index in [2.05, 4.69) is 15.4 Å². The van der Waals surface area contributed by atoms with Crippen molar-refractivity contribution in [1.29, 1.82) is 0 Å². The summed E-state index contributed by atoms with van der Waals surface area (Å²) in [6, 6.07) is 10.6. The zero-order chi connectivity index (χ0) is 25.1. The highest BCUT2D eigenvalue weighted by atomic mass is 19.1. The summed E-state index contributed by atoms with van der Waals surface area (Å²) in [5.74, 6) is -1.10. The quantitative estimate of drug-likeness (QED) is 0.436. The Labute approximate surface area is 204 Å². The van der Waals surface area contributed by atoms with E-state index >= 15 is 4.39 Å². The molecular formula is C26H31FN6O2. The second kappa shape index (κ2) is 10.3. The molecule has 1 aromatic heterocycles. The van der Waals surface area contributed by atoms with Gasteiger partial charge >= 0.3 is 0 Å². The van der Waals surface area contributed by atoms with Crippen molar-refractivity contribution in [3.63, 3.8) is 0 Å². The van der Waals surface area contributed by atoms with Crippen LogP contribution in [0.3, 0.4) is 0 Å². The first-order valence-corrected chi connectivity index (χ1v) is 11.7. The van der Waals surface area contributed by atoms with Crippen LogP contribution in [0.4, 0.5) is 15.8 Å². The topological polar surface area (TPSA) is 73.2 Å². The number of fused-ring (bicyclic) bond motifs is 1. The molecule has 0 aliphatic carbocycles. The number of amides is 1. The van der Waals surface area contributed by atoms with Gasteiger partial charge in [-0.2, -0.15) is 5.10 Å². The number of benzene rings is 2. The molecule has 0 saturated carbocycles. The van der Waals surface area contributed by atoms with E-state index in [0.29, 0.717) is 30.8 Å². The standard InChI is InChI=1S/C26H31FN6O2/c1-5-32-17-21(26(35)29-28-16-18-7-6-8-19(13-18)30(2)3)25(34)20-14-22(27)24(15-23(20)32)33-11-9-31(4)10-12-33/h6-8,13-17H,5,9-12H2,1-4H3,(H,29,35). The van der Waals surface area contributed by atoms with Gasteiger partial charge in [0, 0.05) is 64.1 Å². The maximum Gasteiger partial charge on any atom is 0.276 e. The van der Waals surface area contributed by atoms with Crippen molar-refractivity contribution in [3.8, 4) is 0 Å². The summed E-state index contributed by atoms with van der Waals surface area (Å²) in [5, 5.41) is 4.20. The monoisotopic (exact) mass is 478 g/mol. The molecule has 0 radical (unpaired) electrons. The first-order chi connectivity index (χ1) is 16.8. The number of hydrogen-bond acceptors (Lipinski definition) is 6. The Morgan fingerprint density at radius 2 is 1.91 bits per heavy atom. The Morgan fingerprint density at radius 1 is 1.17 bits per heavy atom. The molecule has 35 heavy (non-hydrogen) atoms. The predicted molar refractivity (Wildman–Crippen MR) is 139 cm³/mol. The number of piperazine rings is 1. The zero-order valence-corrected chi connectivity index (χ0v) is 20.6. The number of nitrogens with zero attached hydrogens (tertiary/aromatic N) is 5. The minimum atomic E-state index is -0.636. The smallest absolute Gasteiger partial charge is 0.276 e. The molecule has 184 valence electrons. The molecule has 4 rings (SSSR count). The summed E-state index contributed by atoms with van der Waals surface area (Å²) < 4.78 is 16.9. The molecule has 1 amide bonds. The molecule has 2 heterocycles. The number of carbonyl (C=O) groups excluding carboxylic acids is 1. The fourth-order valence-electron chi connectivity index (χ4n) is 4.22. The number of hydrazone groups is 1. The van der Waals surface area contributed by atoms with Crippen molar-refractivity contribution in [2.45, 2.75) is 13.5 Å². The lowest BCUT2D eigenvalue weighted by Crippen LogP contribution is -2.44. The Balaban J connectivity index is 1.62. The van der Waals surface area contributed by atoms with Crippen LogP contribution in [0.2, 0.25) is 0 Å². The van der Waals surface area contributed by atoms with E-state index in [-0.39, 0.29) is 10.9 Å². The second-order valence-electron chi connectivity index (χ2n) is 8.96. The summed E-state index contributed by atoms with van der Waals surface area (Å²) in [6.45, 7) is 5.55. The number of hydrogen-bond donors (Lipinski definition) is 1. The van der Waals surface area contributed by atoms with Crippen molar-refractivity contribution in [2.75, 3.05) is 57.1 Å². The van der Waals surface area contributed by atoms with Crippen LogP contribution in [-0.2, 0) is 6.54 Å². The Kier molecular flexibility index (Phi) is 7.16. The molecule has 1 N–H and O–H groups in total. The maximum atomic E-state index is 15.1. The van der Waals surface area contributed by atoms with E-state index in [1.54, 1.807) is 10.6 Å². The number of nitrogens with one attached hydrogen (secondary N) is 1. The van der Waals surface area contributed by atoms with Gasteiger partial charge in [0.05, 0.1) is 17.4 Å². The van der Waals surface area contributed by atoms with Crippen LogP contribution in [0, 0.1) is 5.82 Å². The lowest BCUT2D eigenvalue weighted by atomic mass is 10.1. The summed E-state index contributed by atoms with van der Waals surface area (Å²) in [7, 11) is 5.92. The van der Waals surface area contributed by atoms with Gasteiger partial charge in [0.25, 0.3) is 5.91 Å². The number of carbonyl (C=O) groups is 1. The Hall–Kier alpha value is -3.72. The van der Waals surface area contributed by atoms with Gasteiger partial charge in [0.1, 0.15) is 11.4 Å². The number of pyridine rings is 1. The molecule has 3 aromatic rings. The van der Waals surface area contributed by atoms with Gasteiger partial charge in [0.2, 0.25) is 5.43 Å². The third-order valence-corrected chi connectivity index (χ3v) is 6.34. The summed E-state index contributed by atoms with van der Waals surface area (Å²) >= 11 is 0. The summed E-state index contributed by atoms with van der Waals surface area (Å²) in [4.78, 5) is 32.1. The zero-order valence-electron chi connectivity index (χ0n) is 20.6. The van der Waals surface area contributed by atoms with Crippen LogP contribution in [0.5, 0.6) is 0 Å². The predicted octanol–water partition coefficient (Wildman–Crippen LogP) is 2.74. The lowest BCUT2D eigenvalue weighted by molar-refractivity contribution is 0.0953. The molecule has 9 heteroatoms. The SMILES string of the molecule is CCn1cc(C(=O)NN=Cc2cccc(N(C)C)c2)c(=O)c2cc(F)c(N3CCN(C)CC3)cc21. The van der Waals surface area contributed by atoms with E-state index in [9.17, 15) is 9.59 Å². The average molecular weight is 479 g/mol. The first kappa shape index (κ1) is 24.4. The fourth-order valence-corrected chi connectivity index (χ4v) is 4.22. The lowest BCUT2D eigenvalue weighted by Gasteiger charge is -2.34. The normalized spacial score (nSPS) is 14.6. The number of anilines is 2. The molecule has 0 spiro atoms. The van der Waals surface area contributed by atoms with Crippen molar-refractivity contribution < 1.29 is 9.18 Å². The van der Waals surface area contributed by atoms with Gasteiger partial charge in [-0.1, -0.05) is 12.1 Å². The average Bonchev–Trinajstić information content (AvgIpc) is 2.85. The molecule has 1 aliphatic heterocycles. The number of aromatic nitrogens is 1. The van der Waals surface area contributed by atoms with Crippen LogP contribution in [0.15, 0.2) is 52.5 Å². The molecule has 1 saturated heterocycles. The Bertz CT molecular complexity index is 1330. The van der Waals surface area contributed by atoms with E-state index < -0.39 is 17.2 Å². The van der Waals surface area contributed by atoms with Crippen LogP contribution < -0.4 is 20.7 Å². The van der Waals surface area contributed by atoms with E-state index in [4.69, 9.17) is 0 Å². The van der Waals surface area contributed by atoms with Crippen molar-refractivity contribution >= 4 is 34.4 Å². The highest BCUT2D eigenvalue weighted by Crippen LogP contribution is 2.26. The van der Waals surface area contributed by atoms with Crippen molar-refractivity contribution in [2.24, 2.45) is 5.10 Å². The number of likely N-dealkylation sites (N-methyl/N-ethyl adjacent to an activating group) is 1. The van der Waals surface area contributed by atoms with Crippen LogP contribution >= 0.6 is 0 Å². The van der Waals surface area contributed by atoms with Gasteiger partial charge in [-0.15, -0.1) is 0 Å². The van der Waals surface area contributed by atoms with Gasteiger partial charge in [-0.25, -0.2) is 9.82 Å². The van der Waals surface area contributed by atoms with E-state index in [1.807, 2.05) is 62.1 Å². The van der Waals surface area contributed by atoms with E-state index in [1.165, 1.54) is 18.5 Å². The summed E-state index contributed by atoms with van der Waals surface area (Å²) in [6.07, 6.45) is 3.04. The molecule has 0 atom stereocenters. The van der Waals surface area contributed by atoms with Crippen molar-refractivity contribution in [1.82, 2.24) is 14.9 Å². The van der Waals surface area contributed by atoms with Crippen molar-refractivity contribution in [3.05, 3.63) is 69.8 Å². The minimum Gasteiger partial charge on any atom is -0.378 e. The number of aryl methyl sites for hydroxylation is 1. The molecular weight excluding hydrogens is 447 g/mol. The second-order valence-corrected chi connectivity index (χ2v) is 8.96.